The Morgan fingerprint density at radius 2 is 2.02 bits per heavy atom. The van der Waals surface area contributed by atoms with Crippen LogP contribution in [0.25, 0.3) is 11.2 Å². The van der Waals surface area contributed by atoms with Gasteiger partial charge in [-0.15, -0.1) is 11.6 Å². The van der Waals surface area contributed by atoms with Gasteiger partial charge in [0.2, 0.25) is 0 Å². The summed E-state index contributed by atoms with van der Waals surface area (Å²) in [6, 6.07) is -1.11. The number of aliphatic hydroxyl groups is 2. The number of halogens is 1. The van der Waals surface area contributed by atoms with E-state index in [1.807, 2.05) is 0 Å². The predicted octanol–water partition coefficient (Wildman–Crippen LogP) is 2.03. The zero-order valence-corrected chi connectivity index (χ0v) is 27.5. The molecule has 3 rings (SSSR count). The second-order valence-electron chi connectivity index (χ2n) is 11.2. The van der Waals surface area contributed by atoms with Gasteiger partial charge in [-0.2, -0.15) is 0 Å². The number of nitrogens with zero attached hydrogens (tertiary/aromatic N) is 3. The molecule has 0 radical (unpaired) electrons. The van der Waals surface area contributed by atoms with Crippen molar-refractivity contribution in [1.82, 2.24) is 24.6 Å². The summed E-state index contributed by atoms with van der Waals surface area (Å²) in [6.45, 7) is 9.99. The molecule has 4 N–H and O–H groups in total. The molecule has 1 aliphatic rings. The summed E-state index contributed by atoms with van der Waals surface area (Å²) in [7, 11) is -4.27. The van der Waals surface area contributed by atoms with Gasteiger partial charge in [0.25, 0.3) is 5.56 Å². The molecule has 3 heterocycles. The number of aryl methyl sites for hydroxylation is 1. The molecule has 1 saturated heterocycles. The van der Waals surface area contributed by atoms with Crippen LogP contribution in [-0.2, 0) is 32.7 Å². The molecule has 242 valence electrons. The SMILES string of the molecule is Cc1nc2c(ncn2[C@@H]2O[C@H](CO[P@](=O)(N[C@@H](C)C(=O)OC(C)C)OCCSC(=O)C(C)(C)CO)[C@@H](O)[C@@]2(C)Cl)c(=O)[nH]1. The number of ether oxygens (including phenoxy) is 2. The number of nitrogens with one attached hydrogen (secondary N) is 2. The number of hydrogen-bond donors (Lipinski definition) is 4. The maximum Gasteiger partial charge on any atom is 0.406 e. The van der Waals surface area contributed by atoms with Gasteiger partial charge < -0.3 is 24.7 Å². The Labute approximate surface area is 258 Å². The van der Waals surface area contributed by atoms with E-state index < -0.39 is 66.8 Å². The molecule has 0 unspecified atom stereocenters. The minimum atomic E-state index is -4.27. The van der Waals surface area contributed by atoms with E-state index in [1.54, 1.807) is 34.6 Å². The summed E-state index contributed by atoms with van der Waals surface area (Å²) in [5, 5.41) is 22.7. The highest BCUT2D eigenvalue weighted by Crippen LogP contribution is 2.48. The van der Waals surface area contributed by atoms with Gasteiger partial charge in [-0.3, -0.25) is 28.0 Å². The first-order valence-electron chi connectivity index (χ1n) is 13.5. The number of rotatable bonds is 14. The molecule has 0 amide bonds. The van der Waals surface area contributed by atoms with Crippen LogP contribution in [0.2, 0.25) is 0 Å². The molecule has 43 heavy (non-hydrogen) atoms. The van der Waals surface area contributed by atoms with Crippen molar-refractivity contribution in [3.8, 4) is 0 Å². The fraction of sp³-hybridized carbons (Fsp3) is 0.720. The highest BCUT2D eigenvalue weighted by molar-refractivity contribution is 8.13. The lowest BCUT2D eigenvalue weighted by molar-refractivity contribution is -0.149. The quantitative estimate of drug-likeness (QED) is 0.0985. The van der Waals surface area contributed by atoms with Crippen molar-refractivity contribution >= 4 is 53.4 Å². The summed E-state index contributed by atoms with van der Waals surface area (Å²) in [5.74, 6) is -0.291. The van der Waals surface area contributed by atoms with Crippen LogP contribution < -0.4 is 10.6 Å². The van der Waals surface area contributed by atoms with Crippen LogP contribution in [0.3, 0.4) is 0 Å². The minimum absolute atomic E-state index is 0.0546. The summed E-state index contributed by atoms with van der Waals surface area (Å²) in [4.78, 5) is 46.6. The van der Waals surface area contributed by atoms with E-state index in [-0.39, 0.29) is 35.2 Å². The molecule has 18 heteroatoms. The van der Waals surface area contributed by atoms with Crippen LogP contribution in [0.4, 0.5) is 0 Å². The highest BCUT2D eigenvalue weighted by Gasteiger charge is 2.54. The topological polar surface area (TPSA) is 204 Å². The van der Waals surface area contributed by atoms with E-state index in [1.165, 1.54) is 24.7 Å². The van der Waals surface area contributed by atoms with Gasteiger partial charge in [0.15, 0.2) is 22.5 Å². The molecule has 2 aromatic rings. The molecule has 0 aromatic carbocycles. The Kier molecular flexibility index (Phi) is 11.6. The van der Waals surface area contributed by atoms with Crippen LogP contribution in [0.15, 0.2) is 11.1 Å². The van der Waals surface area contributed by atoms with Gasteiger partial charge in [-0.25, -0.2) is 19.6 Å². The third-order valence-electron chi connectivity index (χ3n) is 6.51. The maximum absolute atomic E-state index is 13.8. The molecule has 0 bridgehead atoms. The van der Waals surface area contributed by atoms with Crippen molar-refractivity contribution < 1.29 is 42.9 Å². The van der Waals surface area contributed by atoms with E-state index in [4.69, 9.17) is 30.1 Å². The van der Waals surface area contributed by atoms with E-state index in [2.05, 4.69) is 20.0 Å². The number of thioether (sulfide) groups is 1. The number of fused-ring (bicyclic) bond motifs is 1. The van der Waals surface area contributed by atoms with Crippen molar-refractivity contribution in [2.24, 2.45) is 5.41 Å². The second-order valence-corrected chi connectivity index (χ2v) is 14.9. The molecule has 1 fully saturated rings. The number of carbonyl (C=O) groups excluding carboxylic acids is 2. The van der Waals surface area contributed by atoms with Gasteiger partial charge in [0.05, 0.1) is 37.7 Å². The van der Waals surface area contributed by atoms with E-state index in [0.29, 0.717) is 5.82 Å². The molecule has 0 spiro atoms. The summed E-state index contributed by atoms with van der Waals surface area (Å²) < 4.78 is 37.5. The molecule has 2 aromatic heterocycles. The Balaban J connectivity index is 1.76. The van der Waals surface area contributed by atoms with Crippen molar-refractivity contribution in [3.05, 3.63) is 22.5 Å². The van der Waals surface area contributed by atoms with E-state index in [0.717, 1.165) is 11.8 Å². The highest BCUT2D eigenvalue weighted by atomic mass is 35.5. The Hall–Kier alpha value is -1.88. The zero-order chi connectivity index (χ0) is 32.3. The number of aromatic amines is 1. The lowest BCUT2D eigenvalue weighted by Crippen LogP contribution is -2.40. The summed E-state index contributed by atoms with van der Waals surface area (Å²) >= 11 is 7.62. The lowest BCUT2D eigenvalue weighted by Gasteiger charge is -2.26. The number of imidazole rings is 1. The van der Waals surface area contributed by atoms with Gasteiger partial charge >= 0.3 is 13.7 Å². The smallest absolute Gasteiger partial charge is 0.406 e. The third kappa shape index (κ3) is 8.44. The maximum atomic E-state index is 13.8. The van der Waals surface area contributed by atoms with Crippen molar-refractivity contribution in [1.29, 1.82) is 0 Å². The minimum Gasteiger partial charge on any atom is -0.462 e. The number of aliphatic hydroxyl groups excluding tert-OH is 2. The largest absolute Gasteiger partial charge is 0.462 e. The Morgan fingerprint density at radius 3 is 2.65 bits per heavy atom. The first kappa shape index (κ1) is 35.6. The van der Waals surface area contributed by atoms with E-state index in [9.17, 15) is 29.2 Å². The van der Waals surface area contributed by atoms with Crippen LogP contribution in [0.5, 0.6) is 0 Å². The van der Waals surface area contributed by atoms with Gasteiger partial charge in [-0.05, 0) is 48.5 Å². The molecule has 1 aliphatic heterocycles. The average molecular weight is 668 g/mol. The van der Waals surface area contributed by atoms with Crippen LogP contribution in [0.1, 0.15) is 53.6 Å². The monoisotopic (exact) mass is 667 g/mol. The van der Waals surface area contributed by atoms with Gasteiger partial charge in [0, 0.05) is 5.75 Å². The van der Waals surface area contributed by atoms with Crippen molar-refractivity contribution in [2.75, 3.05) is 25.6 Å². The number of aromatic nitrogens is 4. The normalized spacial score (nSPS) is 24.8. The summed E-state index contributed by atoms with van der Waals surface area (Å²) in [6.07, 6.45) is -2.65. The molecule has 0 aliphatic carbocycles. The molecule has 6 atom stereocenters. The van der Waals surface area contributed by atoms with Crippen LogP contribution in [-0.4, -0.2) is 95.6 Å². The molecule has 15 nitrogen and oxygen atoms in total. The van der Waals surface area contributed by atoms with E-state index >= 15 is 0 Å². The van der Waals surface area contributed by atoms with Gasteiger partial charge in [0.1, 0.15) is 28.9 Å². The fourth-order valence-corrected chi connectivity index (χ4v) is 6.72. The first-order valence-corrected chi connectivity index (χ1v) is 16.4. The molecular weight excluding hydrogens is 629 g/mol. The standard InChI is InChI=1S/C25H39ClN5O10PS/c1-13(2)40-21(35)14(3)30-42(37,38-8-9-43-23(36)24(5,6)11-32)39-10-16-18(33)25(7,26)22(41-16)31-12-27-17-19(31)28-15(4)29-20(17)34/h12-14,16,18,22,32-33H,8-11H2,1-7H3,(H,30,37)(H,28,29,34)/t14-,16+,18+,22+,25+,42-/m0/s1. The van der Waals surface area contributed by atoms with Crippen LogP contribution in [0, 0.1) is 12.3 Å². The van der Waals surface area contributed by atoms with Crippen molar-refractivity contribution in [2.45, 2.75) is 83.9 Å². The number of hydrogen-bond acceptors (Lipinski definition) is 13. The number of esters is 1. The van der Waals surface area contributed by atoms with Crippen molar-refractivity contribution in [3.63, 3.8) is 0 Å². The van der Waals surface area contributed by atoms with Gasteiger partial charge in [-0.1, -0.05) is 11.8 Å². The zero-order valence-electron chi connectivity index (χ0n) is 25.0. The number of carbonyl (C=O) groups is 2. The molecule has 0 saturated carbocycles. The van der Waals surface area contributed by atoms with Crippen LogP contribution >= 0.6 is 31.1 Å². The second kappa shape index (κ2) is 14.0. The average Bonchev–Trinajstić information content (AvgIpc) is 3.42. The predicted molar refractivity (Wildman–Crippen MR) is 159 cm³/mol. The Morgan fingerprint density at radius 1 is 1.35 bits per heavy atom. The fourth-order valence-electron chi connectivity index (χ4n) is 4.02. The number of alkyl halides is 1. The summed E-state index contributed by atoms with van der Waals surface area (Å²) in [5.41, 5.74) is -1.18. The third-order valence-corrected chi connectivity index (χ3v) is 9.82. The molecular formula is C25H39ClN5O10PS. The Bertz CT molecular complexity index is 1420. The first-order chi connectivity index (χ1) is 19.9. The number of H-pyrrole nitrogens is 1. The lowest BCUT2D eigenvalue weighted by atomic mass is 9.97.